The molecule has 0 amide bonds. The monoisotopic (exact) mass is 261 g/mol. The average Bonchev–Trinajstić information content (AvgIpc) is 2.46. The van der Waals surface area contributed by atoms with Crippen molar-refractivity contribution in [2.24, 2.45) is 0 Å². The zero-order valence-corrected chi connectivity index (χ0v) is 11.6. The van der Waals surface area contributed by atoms with Gasteiger partial charge in [-0.2, -0.15) is 5.26 Å². The lowest BCUT2D eigenvalue weighted by Crippen LogP contribution is -2.29. The van der Waals surface area contributed by atoms with Crippen molar-refractivity contribution in [1.82, 2.24) is 0 Å². The second-order valence-electron chi connectivity index (χ2n) is 5.45. The van der Waals surface area contributed by atoms with Crippen LogP contribution in [0.15, 0.2) is 54.6 Å². The molecule has 0 aromatic heterocycles. The van der Waals surface area contributed by atoms with Crippen molar-refractivity contribution in [2.45, 2.75) is 19.4 Å². The molecule has 2 aromatic rings. The Morgan fingerprint density at radius 2 is 1.80 bits per heavy atom. The highest BCUT2D eigenvalue weighted by Crippen LogP contribution is 2.39. The van der Waals surface area contributed by atoms with Crippen LogP contribution in [0.3, 0.4) is 0 Å². The molecule has 0 saturated carbocycles. The third kappa shape index (κ3) is 2.19. The molecule has 0 radical (unpaired) electrons. The van der Waals surface area contributed by atoms with Crippen molar-refractivity contribution in [2.75, 3.05) is 0 Å². The summed E-state index contributed by atoms with van der Waals surface area (Å²) in [6.07, 6.45) is 2.12. The highest BCUT2D eigenvalue weighted by molar-refractivity contribution is 5.85. The highest BCUT2D eigenvalue weighted by atomic mass is 16.5. The molecule has 2 nitrogen and oxygen atoms in total. The van der Waals surface area contributed by atoms with Crippen LogP contribution in [0.2, 0.25) is 0 Å². The fourth-order valence-corrected chi connectivity index (χ4v) is 2.49. The summed E-state index contributed by atoms with van der Waals surface area (Å²) in [4.78, 5) is 0. The maximum absolute atomic E-state index is 9.09. The van der Waals surface area contributed by atoms with Crippen LogP contribution in [0, 0.1) is 11.3 Å². The Labute approximate surface area is 118 Å². The minimum atomic E-state index is -0.355. The number of fused-ring (bicyclic) bond motifs is 1. The number of rotatable bonds is 1. The van der Waals surface area contributed by atoms with Crippen LogP contribution in [0.1, 0.15) is 30.5 Å². The van der Waals surface area contributed by atoms with Gasteiger partial charge in [-0.25, -0.2) is 0 Å². The molecule has 0 N–H and O–H groups in total. The standard InChI is InChI=1S/C18H15NO/c1-18(2)11-16(14-6-4-3-5-7-14)15-10-13(12-19)8-9-17(15)20-18/h3-11H,1-2H3. The van der Waals surface area contributed by atoms with E-state index in [2.05, 4.69) is 24.3 Å². The predicted octanol–water partition coefficient (Wildman–Crippen LogP) is 4.16. The number of hydrogen-bond acceptors (Lipinski definition) is 2. The van der Waals surface area contributed by atoms with Gasteiger partial charge >= 0.3 is 0 Å². The summed E-state index contributed by atoms with van der Waals surface area (Å²) in [6.45, 7) is 4.08. The number of hydrogen-bond donors (Lipinski definition) is 0. The normalized spacial score (nSPS) is 15.6. The van der Waals surface area contributed by atoms with E-state index in [0.717, 1.165) is 22.4 Å². The molecule has 0 fully saturated rings. The second-order valence-corrected chi connectivity index (χ2v) is 5.45. The van der Waals surface area contributed by atoms with E-state index < -0.39 is 0 Å². The molecule has 2 heteroatoms. The molecule has 1 aliphatic heterocycles. The van der Waals surface area contributed by atoms with Crippen molar-refractivity contribution in [3.8, 4) is 11.8 Å². The van der Waals surface area contributed by atoms with E-state index >= 15 is 0 Å². The summed E-state index contributed by atoms with van der Waals surface area (Å²) in [5, 5.41) is 9.09. The highest BCUT2D eigenvalue weighted by Gasteiger charge is 2.27. The molecule has 2 aromatic carbocycles. The molecule has 0 saturated heterocycles. The van der Waals surface area contributed by atoms with Gasteiger partial charge in [-0.3, -0.25) is 0 Å². The molecule has 0 aliphatic carbocycles. The van der Waals surface area contributed by atoms with E-state index in [1.807, 2.05) is 44.2 Å². The summed E-state index contributed by atoms with van der Waals surface area (Å²) in [7, 11) is 0. The van der Waals surface area contributed by atoms with Crippen LogP contribution in [-0.2, 0) is 0 Å². The van der Waals surface area contributed by atoms with Crippen LogP contribution >= 0.6 is 0 Å². The zero-order chi connectivity index (χ0) is 14.2. The van der Waals surface area contributed by atoms with E-state index in [0.29, 0.717) is 5.56 Å². The SMILES string of the molecule is CC1(C)C=C(c2ccccc2)c2cc(C#N)ccc2O1. The Morgan fingerprint density at radius 1 is 1.05 bits per heavy atom. The Bertz CT molecular complexity index is 721. The first kappa shape index (κ1) is 12.5. The molecular weight excluding hydrogens is 246 g/mol. The minimum Gasteiger partial charge on any atom is -0.483 e. The smallest absolute Gasteiger partial charge is 0.128 e. The summed E-state index contributed by atoms with van der Waals surface area (Å²) in [5.41, 5.74) is 3.53. The fraction of sp³-hybridized carbons (Fsp3) is 0.167. The van der Waals surface area contributed by atoms with E-state index in [1.165, 1.54) is 0 Å². The van der Waals surface area contributed by atoms with E-state index in [9.17, 15) is 0 Å². The summed E-state index contributed by atoms with van der Waals surface area (Å²) in [6, 6.07) is 18.0. The van der Waals surface area contributed by atoms with Crippen LogP contribution in [0.5, 0.6) is 5.75 Å². The van der Waals surface area contributed by atoms with Crippen LogP contribution in [0.4, 0.5) is 0 Å². The lowest BCUT2D eigenvalue weighted by atomic mass is 9.89. The third-order valence-electron chi connectivity index (χ3n) is 3.35. The summed E-state index contributed by atoms with van der Waals surface area (Å²) in [5.74, 6) is 0.829. The van der Waals surface area contributed by atoms with Gasteiger partial charge in [0, 0.05) is 5.56 Å². The average molecular weight is 261 g/mol. The molecule has 3 rings (SSSR count). The summed E-state index contributed by atoms with van der Waals surface area (Å²) >= 11 is 0. The maximum atomic E-state index is 9.09. The van der Waals surface area contributed by atoms with Gasteiger partial charge in [-0.1, -0.05) is 30.3 Å². The minimum absolute atomic E-state index is 0.355. The van der Waals surface area contributed by atoms with Gasteiger partial charge in [0.25, 0.3) is 0 Å². The van der Waals surface area contributed by atoms with Crippen molar-refractivity contribution in [3.05, 3.63) is 71.3 Å². The topological polar surface area (TPSA) is 33.0 Å². The number of nitriles is 1. The Kier molecular flexibility index (Phi) is 2.84. The summed E-state index contributed by atoms with van der Waals surface area (Å²) < 4.78 is 5.98. The Hall–Kier alpha value is -2.53. The molecule has 1 aliphatic rings. The second kappa shape index (κ2) is 4.54. The molecule has 20 heavy (non-hydrogen) atoms. The van der Waals surface area contributed by atoms with Crippen molar-refractivity contribution in [1.29, 1.82) is 5.26 Å². The first-order valence-electron chi connectivity index (χ1n) is 6.61. The third-order valence-corrected chi connectivity index (χ3v) is 3.35. The molecule has 0 spiro atoms. The van der Waals surface area contributed by atoms with Gasteiger partial charge in [0.2, 0.25) is 0 Å². The van der Waals surface area contributed by atoms with E-state index in [-0.39, 0.29) is 5.60 Å². The van der Waals surface area contributed by atoms with Crippen molar-refractivity contribution < 1.29 is 4.74 Å². The van der Waals surface area contributed by atoms with Crippen molar-refractivity contribution >= 4 is 5.57 Å². The molecule has 1 heterocycles. The van der Waals surface area contributed by atoms with Gasteiger partial charge in [-0.15, -0.1) is 0 Å². The van der Waals surface area contributed by atoms with Gasteiger partial charge < -0.3 is 4.74 Å². The molecule has 0 unspecified atom stereocenters. The largest absolute Gasteiger partial charge is 0.483 e. The van der Waals surface area contributed by atoms with E-state index in [4.69, 9.17) is 10.00 Å². The predicted molar refractivity (Wildman–Crippen MR) is 79.4 cm³/mol. The first-order chi connectivity index (χ1) is 9.59. The Morgan fingerprint density at radius 3 is 2.50 bits per heavy atom. The zero-order valence-electron chi connectivity index (χ0n) is 11.6. The lowest BCUT2D eigenvalue weighted by Gasteiger charge is -2.31. The van der Waals surface area contributed by atoms with Crippen LogP contribution < -0.4 is 4.74 Å². The Balaban J connectivity index is 2.22. The molecule has 0 bridgehead atoms. The molecular formula is C18H15NO. The van der Waals surface area contributed by atoms with Gasteiger partial charge in [-0.05, 0) is 49.3 Å². The number of benzene rings is 2. The van der Waals surface area contributed by atoms with Gasteiger partial charge in [0.05, 0.1) is 11.6 Å². The number of nitrogens with zero attached hydrogens (tertiary/aromatic N) is 1. The van der Waals surface area contributed by atoms with Gasteiger partial charge in [0.1, 0.15) is 11.4 Å². The molecule has 98 valence electrons. The molecule has 0 atom stereocenters. The number of ether oxygens (including phenoxy) is 1. The van der Waals surface area contributed by atoms with Crippen LogP contribution in [0.25, 0.3) is 5.57 Å². The quantitative estimate of drug-likeness (QED) is 0.772. The van der Waals surface area contributed by atoms with Crippen molar-refractivity contribution in [3.63, 3.8) is 0 Å². The van der Waals surface area contributed by atoms with Gasteiger partial charge in [0.15, 0.2) is 0 Å². The van der Waals surface area contributed by atoms with E-state index in [1.54, 1.807) is 6.07 Å². The fourth-order valence-electron chi connectivity index (χ4n) is 2.49. The maximum Gasteiger partial charge on any atom is 0.128 e. The van der Waals surface area contributed by atoms with Crippen LogP contribution in [-0.4, -0.2) is 5.60 Å². The lowest BCUT2D eigenvalue weighted by molar-refractivity contribution is 0.158. The first-order valence-corrected chi connectivity index (χ1v) is 6.61.